The maximum absolute atomic E-state index is 13.5. The Balaban J connectivity index is 1.60. The lowest BCUT2D eigenvalue weighted by Crippen LogP contribution is -2.67. The molecule has 1 radical (unpaired) electrons. The van der Waals surface area contributed by atoms with Gasteiger partial charge >= 0.3 is 11.9 Å². The number of hydrogen-bond acceptors (Lipinski definition) is 6. The van der Waals surface area contributed by atoms with E-state index in [1.165, 1.54) is 0 Å². The van der Waals surface area contributed by atoms with Crippen molar-refractivity contribution >= 4 is 21.0 Å². The molecule has 1 aliphatic heterocycles. The van der Waals surface area contributed by atoms with Gasteiger partial charge < -0.3 is 14.4 Å². The molecule has 2 aromatic rings. The molecule has 7 nitrogen and oxygen atoms in total. The molecule has 1 fully saturated rings. The van der Waals surface area contributed by atoms with Crippen molar-refractivity contribution in [2.24, 2.45) is 11.3 Å². The van der Waals surface area contributed by atoms with Gasteiger partial charge in [-0.2, -0.15) is 0 Å². The van der Waals surface area contributed by atoms with Gasteiger partial charge in [-0.25, -0.2) is 5.01 Å². The van der Waals surface area contributed by atoms with Crippen LogP contribution in [-0.2, 0) is 18.9 Å². The van der Waals surface area contributed by atoms with Crippen LogP contribution < -0.4 is 5.59 Å². The lowest BCUT2D eigenvalue weighted by molar-refractivity contribution is -0.184. The van der Waals surface area contributed by atoms with Crippen LogP contribution in [0.2, 0.25) is 13.1 Å². The molecule has 0 aromatic heterocycles. The van der Waals surface area contributed by atoms with Gasteiger partial charge in [0, 0.05) is 12.5 Å². The molecule has 1 saturated heterocycles. The van der Waals surface area contributed by atoms with Crippen LogP contribution in [0.1, 0.15) is 44.2 Å². The van der Waals surface area contributed by atoms with Crippen molar-refractivity contribution < 1.29 is 24.0 Å². The molecule has 2 aliphatic rings. The summed E-state index contributed by atoms with van der Waals surface area (Å²) in [5.41, 5.74) is 5.14. The third kappa shape index (κ3) is 3.98. The second-order valence-electron chi connectivity index (χ2n) is 10.3. The molecule has 1 unspecified atom stereocenters. The molecular weight excluding hydrogens is 448 g/mol. The maximum atomic E-state index is 13.5. The summed E-state index contributed by atoms with van der Waals surface area (Å²) in [6.45, 7) is 9.97. The number of carbonyl (C=O) groups is 2. The Labute approximate surface area is 202 Å². The van der Waals surface area contributed by atoms with Crippen molar-refractivity contribution in [2.45, 2.75) is 51.7 Å². The fourth-order valence-electron chi connectivity index (χ4n) is 5.60. The number of carbonyl (C=O) groups excluding carboxylic acids is 1. The molecule has 1 aliphatic carbocycles. The van der Waals surface area contributed by atoms with Crippen LogP contribution in [0, 0.1) is 11.3 Å². The van der Waals surface area contributed by atoms with Crippen molar-refractivity contribution in [2.75, 3.05) is 13.2 Å². The highest BCUT2D eigenvalue weighted by atomic mass is 28.3. The molecule has 1 heterocycles. The summed E-state index contributed by atoms with van der Waals surface area (Å²) in [7, 11) is -1.12. The van der Waals surface area contributed by atoms with Crippen molar-refractivity contribution in [1.29, 1.82) is 0 Å². The molecular formula is C26H33N2O5Si. The van der Waals surface area contributed by atoms with E-state index in [-0.39, 0.29) is 12.5 Å². The number of nitrogens with zero attached hydrogens (tertiary/aromatic N) is 1. The molecule has 0 saturated carbocycles. The smallest absolute Gasteiger partial charge is 0.327 e. The van der Waals surface area contributed by atoms with Crippen LogP contribution in [0.15, 0.2) is 48.5 Å². The van der Waals surface area contributed by atoms with Crippen LogP contribution in [0.5, 0.6) is 0 Å². The number of carboxylic acid groups (broad SMARTS) is 1. The highest BCUT2D eigenvalue weighted by Crippen LogP contribution is 2.48. The highest BCUT2D eigenvalue weighted by molar-refractivity contribution is 6.48. The van der Waals surface area contributed by atoms with Gasteiger partial charge in [0.2, 0.25) is 9.04 Å². The maximum Gasteiger partial charge on any atom is 0.327 e. The van der Waals surface area contributed by atoms with Gasteiger partial charge in [0.25, 0.3) is 0 Å². The number of fused-ring (bicyclic) bond motifs is 3. The van der Waals surface area contributed by atoms with Crippen molar-refractivity contribution in [3.05, 3.63) is 59.7 Å². The lowest BCUT2D eigenvalue weighted by atomic mass is 9.67. The lowest BCUT2D eigenvalue weighted by Gasteiger charge is -2.46. The average Bonchev–Trinajstić information content (AvgIpc) is 3.33. The van der Waals surface area contributed by atoms with Crippen molar-refractivity contribution in [1.82, 2.24) is 10.6 Å². The number of ether oxygens (including phenoxy) is 1. The topological polar surface area (TPSA) is 88.1 Å². The number of aliphatic carboxylic acids is 1. The first-order chi connectivity index (χ1) is 16.1. The summed E-state index contributed by atoms with van der Waals surface area (Å²) < 4.78 is 11.5. The zero-order valence-corrected chi connectivity index (χ0v) is 21.4. The van der Waals surface area contributed by atoms with E-state index in [4.69, 9.17) is 9.26 Å². The van der Waals surface area contributed by atoms with E-state index < -0.39 is 37.9 Å². The summed E-state index contributed by atoms with van der Waals surface area (Å²) in [6.07, 6.45) is 0.367. The van der Waals surface area contributed by atoms with Gasteiger partial charge in [0.15, 0.2) is 5.54 Å². The van der Waals surface area contributed by atoms with Gasteiger partial charge in [-0.15, -0.1) is 5.59 Å². The first kappa shape index (κ1) is 24.6. The van der Waals surface area contributed by atoms with Crippen molar-refractivity contribution in [3.8, 4) is 11.1 Å². The number of hydrogen-bond donors (Lipinski definition) is 2. The third-order valence-electron chi connectivity index (χ3n) is 7.04. The Hall–Kier alpha value is -2.52. The van der Waals surface area contributed by atoms with E-state index >= 15 is 0 Å². The monoisotopic (exact) mass is 481 g/mol. The Kier molecular flexibility index (Phi) is 6.70. The zero-order valence-electron chi connectivity index (χ0n) is 20.4. The molecule has 4 rings (SSSR count). The van der Waals surface area contributed by atoms with Crippen LogP contribution in [0.25, 0.3) is 11.1 Å². The minimum Gasteiger partial charge on any atom is -0.480 e. The second-order valence-corrected chi connectivity index (χ2v) is 12.3. The normalized spacial score (nSPS) is 22.6. The number of benzene rings is 2. The van der Waals surface area contributed by atoms with E-state index in [1.54, 1.807) is 5.01 Å². The molecule has 0 spiro atoms. The van der Waals surface area contributed by atoms with Crippen LogP contribution in [-0.4, -0.2) is 49.8 Å². The number of rotatable bonds is 7. The van der Waals surface area contributed by atoms with Gasteiger partial charge in [-0.1, -0.05) is 69.3 Å². The number of esters is 1. The Morgan fingerprint density at radius 2 is 1.65 bits per heavy atom. The van der Waals surface area contributed by atoms with Crippen LogP contribution in [0.3, 0.4) is 0 Å². The summed E-state index contributed by atoms with van der Waals surface area (Å²) >= 11 is 0. The highest BCUT2D eigenvalue weighted by Gasteiger charge is 2.65. The molecule has 34 heavy (non-hydrogen) atoms. The molecule has 2 aromatic carbocycles. The fourth-order valence-corrected chi connectivity index (χ4v) is 5.90. The zero-order chi connectivity index (χ0) is 24.7. The number of carboxylic acids is 1. The molecule has 0 bridgehead atoms. The van der Waals surface area contributed by atoms with Crippen LogP contribution >= 0.6 is 0 Å². The minimum absolute atomic E-state index is 0.0745. The Bertz CT molecular complexity index is 1040. The Morgan fingerprint density at radius 3 is 2.15 bits per heavy atom. The largest absolute Gasteiger partial charge is 0.480 e. The van der Waals surface area contributed by atoms with Crippen LogP contribution in [0.4, 0.5) is 0 Å². The quantitative estimate of drug-likeness (QED) is 0.348. The summed E-state index contributed by atoms with van der Waals surface area (Å²) in [5, 5.41) is 12.0. The van der Waals surface area contributed by atoms with Gasteiger partial charge in [-0.3, -0.25) is 9.59 Å². The predicted octanol–water partition coefficient (Wildman–Crippen LogP) is 4.22. The minimum atomic E-state index is -1.51. The third-order valence-corrected chi connectivity index (χ3v) is 7.54. The van der Waals surface area contributed by atoms with E-state index in [1.807, 2.05) is 58.1 Å². The summed E-state index contributed by atoms with van der Waals surface area (Å²) in [6, 6.07) is 16.3. The predicted molar refractivity (Wildman–Crippen MR) is 131 cm³/mol. The molecule has 181 valence electrons. The second kappa shape index (κ2) is 9.26. The van der Waals surface area contributed by atoms with E-state index in [2.05, 4.69) is 29.9 Å². The fraction of sp³-hybridized carbons (Fsp3) is 0.462. The standard InChI is InChI=1S/C26H33N2O5Si/c1-25(2,3)26(24(30)31)22(14-15-28(26)27-33-34(4)5)23(29)32-16-21-19-12-8-6-10-17(19)18-11-7-9-13-20(18)21/h6-13,21-22,27H,14-16H2,1-5H3,(H,30,31)/t22?,26-/m0/s1. The van der Waals surface area contributed by atoms with Gasteiger partial charge in [-0.05, 0) is 47.2 Å². The van der Waals surface area contributed by atoms with Gasteiger partial charge in [0.05, 0.1) is 5.92 Å². The van der Waals surface area contributed by atoms with Gasteiger partial charge in [0.1, 0.15) is 6.61 Å². The molecule has 8 heteroatoms. The van der Waals surface area contributed by atoms with E-state index in [0.717, 1.165) is 22.3 Å². The van der Waals surface area contributed by atoms with E-state index in [0.29, 0.717) is 13.0 Å². The first-order valence-corrected chi connectivity index (χ1v) is 14.1. The summed E-state index contributed by atoms with van der Waals surface area (Å²) in [5.74, 6) is -2.46. The first-order valence-electron chi connectivity index (χ1n) is 11.7. The molecule has 2 atom stereocenters. The molecule has 0 amide bonds. The molecule has 2 N–H and O–H groups in total. The SMILES string of the molecule is C[Si](C)ONN1CCC(C(=O)OCC2c3ccccc3-c3ccccc32)[C@]1(C(=O)O)C(C)(C)C. The van der Waals surface area contributed by atoms with Crippen molar-refractivity contribution in [3.63, 3.8) is 0 Å². The Morgan fingerprint density at radius 1 is 1.09 bits per heavy atom. The number of nitrogens with one attached hydrogen (secondary N) is 1. The number of hydrazine groups is 1. The van der Waals surface area contributed by atoms with E-state index in [9.17, 15) is 14.7 Å². The summed E-state index contributed by atoms with van der Waals surface area (Å²) in [4.78, 5) is 26.3. The average molecular weight is 482 g/mol.